The molecule has 20 heavy (non-hydrogen) atoms. The average molecular weight is 341 g/mol. The van der Waals surface area contributed by atoms with Crippen molar-refractivity contribution in [3.63, 3.8) is 0 Å². The molecule has 1 aliphatic heterocycles. The number of benzene rings is 1. The second-order valence-corrected chi connectivity index (χ2v) is 5.99. The summed E-state index contributed by atoms with van der Waals surface area (Å²) in [6, 6.07) is 6.02. The van der Waals surface area contributed by atoms with Crippen LogP contribution in [0.25, 0.3) is 0 Å². The van der Waals surface area contributed by atoms with Crippen LogP contribution in [-0.2, 0) is 0 Å². The van der Waals surface area contributed by atoms with E-state index >= 15 is 0 Å². The van der Waals surface area contributed by atoms with Crippen molar-refractivity contribution >= 4 is 27.6 Å². The lowest BCUT2D eigenvalue weighted by molar-refractivity contribution is 0.0697. The molecule has 5 heteroatoms. The standard InChI is InChI=1S/C15H21BrN2O2/c1-3-17(4-2)12-7-8-18(10-12)14-6-5-11(16)9-13(14)15(19)20/h5-6,9,12H,3-4,7-8,10H2,1-2H3,(H,19,20). The Morgan fingerprint density at radius 2 is 2.15 bits per heavy atom. The minimum absolute atomic E-state index is 0.375. The van der Waals surface area contributed by atoms with E-state index in [4.69, 9.17) is 0 Å². The maximum atomic E-state index is 11.4. The molecule has 2 rings (SSSR count). The molecule has 1 N–H and O–H groups in total. The fourth-order valence-electron chi connectivity index (χ4n) is 2.95. The number of carboxylic acids is 1. The SMILES string of the molecule is CCN(CC)C1CCN(c2ccc(Br)cc2C(=O)O)C1. The smallest absolute Gasteiger partial charge is 0.337 e. The second kappa shape index (κ2) is 6.59. The maximum absolute atomic E-state index is 11.4. The summed E-state index contributed by atoms with van der Waals surface area (Å²) >= 11 is 3.34. The van der Waals surface area contributed by atoms with Crippen molar-refractivity contribution in [1.29, 1.82) is 0 Å². The molecule has 0 aliphatic carbocycles. The van der Waals surface area contributed by atoms with Crippen LogP contribution in [0.4, 0.5) is 5.69 Å². The minimum Gasteiger partial charge on any atom is -0.478 e. The number of carboxylic acid groups (broad SMARTS) is 1. The van der Waals surface area contributed by atoms with Crippen LogP contribution in [0.1, 0.15) is 30.6 Å². The molecule has 1 unspecified atom stereocenters. The van der Waals surface area contributed by atoms with Gasteiger partial charge in [0.25, 0.3) is 0 Å². The number of hydrogen-bond acceptors (Lipinski definition) is 3. The van der Waals surface area contributed by atoms with Gasteiger partial charge in [0.1, 0.15) is 0 Å². The molecule has 110 valence electrons. The van der Waals surface area contributed by atoms with Gasteiger partial charge in [-0.1, -0.05) is 29.8 Å². The zero-order chi connectivity index (χ0) is 14.7. The third-order valence-corrected chi connectivity index (χ3v) is 4.52. The molecule has 0 radical (unpaired) electrons. The van der Waals surface area contributed by atoms with Crippen molar-refractivity contribution in [3.05, 3.63) is 28.2 Å². The highest BCUT2D eigenvalue weighted by Crippen LogP contribution is 2.29. The molecule has 1 saturated heterocycles. The van der Waals surface area contributed by atoms with Gasteiger partial charge in [0, 0.05) is 23.6 Å². The van der Waals surface area contributed by atoms with Crippen LogP contribution in [0.5, 0.6) is 0 Å². The van der Waals surface area contributed by atoms with Crippen LogP contribution in [0.2, 0.25) is 0 Å². The molecule has 1 fully saturated rings. The number of carbonyl (C=O) groups is 1. The van der Waals surface area contributed by atoms with Gasteiger partial charge in [0.15, 0.2) is 0 Å². The molecular weight excluding hydrogens is 320 g/mol. The third-order valence-electron chi connectivity index (χ3n) is 4.02. The van der Waals surface area contributed by atoms with Crippen LogP contribution in [0, 0.1) is 0 Å². The van der Waals surface area contributed by atoms with Crippen molar-refractivity contribution < 1.29 is 9.90 Å². The topological polar surface area (TPSA) is 43.8 Å². The first-order chi connectivity index (χ1) is 9.56. The van der Waals surface area contributed by atoms with E-state index in [2.05, 4.69) is 39.6 Å². The van der Waals surface area contributed by atoms with E-state index in [1.54, 1.807) is 6.07 Å². The summed E-state index contributed by atoms with van der Waals surface area (Å²) in [7, 11) is 0. The van der Waals surface area contributed by atoms with Gasteiger partial charge in [-0.15, -0.1) is 0 Å². The molecule has 0 amide bonds. The van der Waals surface area contributed by atoms with Crippen LogP contribution < -0.4 is 4.90 Å². The van der Waals surface area contributed by atoms with Crippen LogP contribution in [0.3, 0.4) is 0 Å². The largest absolute Gasteiger partial charge is 0.478 e. The lowest BCUT2D eigenvalue weighted by atomic mass is 10.1. The predicted octanol–water partition coefficient (Wildman–Crippen LogP) is 3.07. The molecular formula is C15H21BrN2O2. The highest BCUT2D eigenvalue weighted by atomic mass is 79.9. The predicted molar refractivity (Wildman–Crippen MR) is 84.6 cm³/mol. The Bertz CT molecular complexity index is 489. The number of rotatable bonds is 5. The Kier molecular flexibility index (Phi) is 5.05. The summed E-state index contributed by atoms with van der Waals surface area (Å²) in [4.78, 5) is 16.0. The highest BCUT2D eigenvalue weighted by molar-refractivity contribution is 9.10. The number of likely N-dealkylation sites (N-methyl/N-ethyl adjacent to an activating group) is 1. The van der Waals surface area contributed by atoms with E-state index < -0.39 is 5.97 Å². The molecule has 0 aromatic heterocycles. The molecule has 4 nitrogen and oxygen atoms in total. The minimum atomic E-state index is -0.868. The molecule has 1 atom stereocenters. The Morgan fingerprint density at radius 1 is 1.45 bits per heavy atom. The summed E-state index contributed by atoms with van der Waals surface area (Å²) < 4.78 is 0.804. The maximum Gasteiger partial charge on any atom is 0.337 e. The number of aromatic carboxylic acids is 1. The summed E-state index contributed by atoms with van der Waals surface area (Å²) in [5.74, 6) is -0.868. The molecule has 0 spiro atoms. The van der Waals surface area contributed by atoms with E-state index in [1.165, 1.54) is 0 Å². The van der Waals surface area contributed by atoms with Gasteiger partial charge in [-0.05, 0) is 37.7 Å². The average Bonchev–Trinajstić information content (AvgIpc) is 2.89. The van der Waals surface area contributed by atoms with E-state index in [-0.39, 0.29) is 0 Å². The summed E-state index contributed by atoms with van der Waals surface area (Å²) in [6.07, 6.45) is 1.09. The van der Waals surface area contributed by atoms with Gasteiger partial charge in [0.05, 0.1) is 11.3 Å². The van der Waals surface area contributed by atoms with E-state index in [9.17, 15) is 9.90 Å². The van der Waals surface area contributed by atoms with Crippen molar-refractivity contribution in [1.82, 2.24) is 4.90 Å². The number of halogens is 1. The van der Waals surface area contributed by atoms with E-state index in [0.29, 0.717) is 11.6 Å². The van der Waals surface area contributed by atoms with Crippen LogP contribution in [0.15, 0.2) is 22.7 Å². The Hall–Kier alpha value is -1.07. The van der Waals surface area contributed by atoms with Crippen LogP contribution in [-0.4, -0.2) is 48.2 Å². The highest BCUT2D eigenvalue weighted by Gasteiger charge is 2.28. The molecule has 0 saturated carbocycles. The summed E-state index contributed by atoms with van der Waals surface area (Å²) in [6.45, 7) is 8.26. The van der Waals surface area contributed by atoms with Crippen molar-refractivity contribution in [2.75, 3.05) is 31.1 Å². The van der Waals surface area contributed by atoms with Gasteiger partial charge >= 0.3 is 5.97 Å². The molecule has 0 bridgehead atoms. The van der Waals surface area contributed by atoms with Gasteiger partial charge in [0.2, 0.25) is 0 Å². The third kappa shape index (κ3) is 3.15. The monoisotopic (exact) mass is 340 g/mol. The fourth-order valence-corrected chi connectivity index (χ4v) is 3.32. The molecule has 1 aliphatic rings. The lowest BCUT2D eigenvalue weighted by Gasteiger charge is -2.27. The number of anilines is 1. The van der Waals surface area contributed by atoms with Crippen molar-refractivity contribution in [3.8, 4) is 0 Å². The first kappa shape index (κ1) is 15.3. The molecule has 1 aromatic rings. The lowest BCUT2D eigenvalue weighted by Crippen LogP contribution is -2.37. The zero-order valence-corrected chi connectivity index (χ0v) is 13.6. The number of hydrogen-bond donors (Lipinski definition) is 1. The molecule has 1 aromatic carbocycles. The first-order valence-corrected chi connectivity index (χ1v) is 7.88. The zero-order valence-electron chi connectivity index (χ0n) is 12.0. The van der Waals surface area contributed by atoms with E-state index in [0.717, 1.165) is 42.8 Å². The molecule has 1 heterocycles. The summed E-state index contributed by atoms with van der Waals surface area (Å²) in [5.41, 5.74) is 1.20. The summed E-state index contributed by atoms with van der Waals surface area (Å²) in [5, 5.41) is 9.36. The Labute approximate surface area is 128 Å². The van der Waals surface area contributed by atoms with Gasteiger partial charge in [-0.25, -0.2) is 4.79 Å². The second-order valence-electron chi connectivity index (χ2n) is 5.08. The normalized spacial score (nSPS) is 18.8. The van der Waals surface area contributed by atoms with Gasteiger partial charge in [-0.2, -0.15) is 0 Å². The van der Waals surface area contributed by atoms with Crippen molar-refractivity contribution in [2.24, 2.45) is 0 Å². The van der Waals surface area contributed by atoms with Gasteiger partial charge < -0.3 is 10.0 Å². The Balaban J connectivity index is 2.20. The van der Waals surface area contributed by atoms with E-state index in [1.807, 2.05) is 12.1 Å². The first-order valence-electron chi connectivity index (χ1n) is 7.08. The van der Waals surface area contributed by atoms with Gasteiger partial charge in [-0.3, -0.25) is 4.90 Å². The quantitative estimate of drug-likeness (QED) is 0.894. The van der Waals surface area contributed by atoms with Crippen molar-refractivity contribution in [2.45, 2.75) is 26.3 Å². The van der Waals surface area contributed by atoms with Crippen LogP contribution >= 0.6 is 15.9 Å². The fraction of sp³-hybridized carbons (Fsp3) is 0.533. The Morgan fingerprint density at radius 3 is 2.75 bits per heavy atom. The number of nitrogens with zero attached hydrogens (tertiary/aromatic N) is 2.